The van der Waals surface area contributed by atoms with E-state index in [0.717, 1.165) is 43.1 Å². The zero-order valence-corrected chi connectivity index (χ0v) is 23.0. The molecule has 1 aliphatic carbocycles. The molecule has 2 amide bonds. The predicted molar refractivity (Wildman–Crippen MR) is 144 cm³/mol. The SMILES string of the molecule is Cc1cc(C)cc(N(CCCC(=O)N(Cc2ccccc2F)[C@@H](C)C(=O)NC2CCCC2)S(C)(=O)=O)c1. The van der Waals surface area contributed by atoms with Crippen molar-refractivity contribution in [3.8, 4) is 0 Å². The van der Waals surface area contributed by atoms with E-state index in [0.29, 0.717) is 11.3 Å². The zero-order valence-electron chi connectivity index (χ0n) is 22.2. The molecular weight excluding hydrogens is 493 g/mol. The van der Waals surface area contributed by atoms with Crippen molar-refractivity contribution in [1.82, 2.24) is 10.2 Å². The highest BCUT2D eigenvalue weighted by Gasteiger charge is 2.29. The van der Waals surface area contributed by atoms with Gasteiger partial charge < -0.3 is 10.2 Å². The summed E-state index contributed by atoms with van der Waals surface area (Å²) in [5.74, 6) is -1.03. The highest BCUT2D eigenvalue weighted by Crippen LogP contribution is 2.23. The molecule has 0 aromatic heterocycles. The summed E-state index contributed by atoms with van der Waals surface area (Å²) in [6.07, 6.45) is 5.38. The van der Waals surface area contributed by atoms with E-state index in [1.54, 1.807) is 37.3 Å². The molecule has 3 rings (SSSR count). The zero-order chi connectivity index (χ0) is 27.2. The number of hydrogen-bond acceptors (Lipinski definition) is 4. The molecule has 202 valence electrons. The fraction of sp³-hybridized carbons (Fsp3) is 0.500. The first-order valence-electron chi connectivity index (χ1n) is 12.8. The van der Waals surface area contributed by atoms with E-state index in [9.17, 15) is 22.4 Å². The number of benzene rings is 2. The first kappa shape index (κ1) is 28.6. The molecule has 7 nitrogen and oxygen atoms in total. The summed E-state index contributed by atoms with van der Waals surface area (Å²) in [5.41, 5.74) is 2.76. The van der Waals surface area contributed by atoms with Gasteiger partial charge in [0.05, 0.1) is 11.9 Å². The Balaban J connectivity index is 1.74. The molecule has 0 bridgehead atoms. The van der Waals surface area contributed by atoms with Crippen LogP contribution in [-0.2, 0) is 26.2 Å². The molecule has 1 saturated carbocycles. The molecule has 0 spiro atoms. The minimum absolute atomic E-state index is 0.0202. The van der Waals surface area contributed by atoms with Crippen LogP contribution in [0.25, 0.3) is 0 Å². The summed E-state index contributed by atoms with van der Waals surface area (Å²) >= 11 is 0. The third-order valence-corrected chi connectivity index (χ3v) is 8.01. The monoisotopic (exact) mass is 531 g/mol. The summed E-state index contributed by atoms with van der Waals surface area (Å²) in [6, 6.07) is 11.1. The molecule has 0 radical (unpaired) electrons. The van der Waals surface area contributed by atoms with E-state index in [1.807, 2.05) is 19.9 Å². The van der Waals surface area contributed by atoms with E-state index >= 15 is 0 Å². The Morgan fingerprint density at radius 3 is 2.30 bits per heavy atom. The van der Waals surface area contributed by atoms with Crippen molar-refractivity contribution in [2.24, 2.45) is 0 Å². The van der Waals surface area contributed by atoms with Gasteiger partial charge in [0.15, 0.2) is 0 Å². The third-order valence-electron chi connectivity index (χ3n) is 6.81. The lowest BCUT2D eigenvalue weighted by Gasteiger charge is -2.30. The van der Waals surface area contributed by atoms with Crippen molar-refractivity contribution in [3.05, 3.63) is 65.0 Å². The third kappa shape index (κ3) is 8.02. The lowest BCUT2D eigenvalue weighted by molar-refractivity contribution is -0.141. The Kier molecular flexibility index (Phi) is 9.70. The maximum Gasteiger partial charge on any atom is 0.242 e. The fourth-order valence-electron chi connectivity index (χ4n) is 4.88. The van der Waals surface area contributed by atoms with E-state index in [4.69, 9.17) is 0 Å². The predicted octanol–water partition coefficient (Wildman–Crippen LogP) is 4.46. The number of amides is 2. The highest BCUT2D eigenvalue weighted by atomic mass is 32.2. The summed E-state index contributed by atoms with van der Waals surface area (Å²) in [6.45, 7) is 5.53. The van der Waals surface area contributed by atoms with Gasteiger partial charge >= 0.3 is 0 Å². The number of aryl methyl sites for hydroxylation is 2. The Labute approximate surface area is 220 Å². The van der Waals surface area contributed by atoms with E-state index in [1.165, 1.54) is 15.3 Å². The van der Waals surface area contributed by atoms with Gasteiger partial charge in [0.1, 0.15) is 11.9 Å². The molecular formula is C28H38FN3O4S. The minimum atomic E-state index is -3.57. The molecule has 1 aliphatic rings. The topological polar surface area (TPSA) is 86.8 Å². The van der Waals surface area contributed by atoms with Gasteiger partial charge in [-0.25, -0.2) is 12.8 Å². The Morgan fingerprint density at radius 2 is 1.70 bits per heavy atom. The summed E-state index contributed by atoms with van der Waals surface area (Å²) in [7, 11) is -3.57. The second-order valence-electron chi connectivity index (χ2n) is 10.1. The molecule has 2 aromatic rings. The molecule has 0 unspecified atom stereocenters. The first-order chi connectivity index (χ1) is 17.5. The highest BCUT2D eigenvalue weighted by molar-refractivity contribution is 7.92. The quantitative estimate of drug-likeness (QED) is 0.464. The molecule has 1 fully saturated rings. The van der Waals surface area contributed by atoms with Crippen molar-refractivity contribution >= 4 is 27.5 Å². The van der Waals surface area contributed by atoms with Gasteiger partial charge in [-0.15, -0.1) is 0 Å². The van der Waals surface area contributed by atoms with Crippen molar-refractivity contribution in [1.29, 1.82) is 0 Å². The van der Waals surface area contributed by atoms with Crippen molar-refractivity contribution in [3.63, 3.8) is 0 Å². The van der Waals surface area contributed by atoms with Gasteiger partial charge in [0, 0.05) is 31.1 Å². The van der Waals surface area contributed by atoms with Crippen LogP contribution in [0.1, 0.15) is 62.1 Å². The second kappa shape index (κ2) is 12.5. The van der Waals surface area contributed by atoms with Crippen LogP contribution in [0.4, 0.5) is 10.1 Å². The average molecular weight is 532 g/mol. The first-order valence-corrected chi connectivity index (χ1v) is 14.7. The Bertz CT molecular complexity index is 1190. The Morgan fingerprint density at radius 1 is 1.08 bits per heavy atom. The number of hydrogen-bond donors (Lipinski definition) is 1. The van der Waals surface area contributed by atoms with Crippen LogP contribution >= 0.6 is 0 Å². The van der Waals surface area contributed by atoms with Gasteiger partial charge in [-0.3, -0.25) is 13.9 Å². The number of anilines is 1. The average Bonchev–Trinajstić information content (AvgIpc) is 3.32. The summed E-state index contributed by atoms with van der Waals surface area (Å²) in [4.78, 5) is 27.8. The fourth-order valence-corrected chi connectivity index (χ4v) is 5.83. The van der Waals surface area contributed by atoms with Crippen LogP contribution < -0.4 is 9.62 Å². The standard InChI is InChI=1S/C28H38FN3O4S/c1-20-16-21(2)18-25(17-20)32(37(4,35)36)15-9-14-27(33)31(19-23-10-5-8-13-26(23)29)22(3)28(34)30-24-11-6-7-12-24/h5,8,10,13,16-18,22,24H,6-7,9,11-12,14-15,19H2,1-4H3,(H,30,34)/t22-/m0/s1. The van der Waals surface area contributed by atoms with Crippen molar-refractivity contribution in [2.75, 3.05) is 17.1 Å². The van der Waals surface area contributed by atoms with E-state index < -0.39 is 21.9 Å². The molecule has 0 heterocycles. The van der Waals surface area contributed by atoms with Crippen LogP contribution in [-0.4, -0.2) is 50.0 Å². The van der Waals surface area contributed by atoms with Gasteiger partial charge in [-0.05, 0) is 69.4 Å². The number of carbonyl (C=O) groups is 2. The number of carbonyl (C=O) groups excluding carboxylic acids is 2. The molecule has 1 N–H and O–H groups in total. The number of sulfonamides is 1. The van der Waals surface area contributed by atoms with Crippen LogP contribution in [0.3, 0.4) is 0 Å². The minimum Gasteiger partial charge on any atom is -0.352 e. The number of rotatable bonds is 11. The second-order valence-corrected chi connectivity index (χ2v) is 12.0. The molecule has 2 aromatic carbocycles. The van der Waals surface area contributed by atoms with Crippen LogP contribution in [0.5, 0.6) is 0 Å². The van der Waals surface area contributed by atoms with Gasteiger partial charge in [-0.1, -0.05) is 37.1 Å². The molecule has 9 heteroatoms. The lowest BCUT2D eigenvalue weighted by Crippen LogP contribution is -2.49. The Hall–Kier alpha value is -2.94. The maximum atomic E-state index is 14.4. The van der Waals surface area contributed by atoms with Crippen molar-refractivity contribution < 1.29 is 22.4 Å². The van der Waals surface area contributed by atoms with Crippen molar-refractivity contribution in [2.45, 2.75) is 77.9 Å². The van der Waals surface area contributed by atoms with Gasteiger partial charge in [0.25, 0.3) is 0 Å². The largest absolute Gasteiger partial charge is 0.352 e. The number of halogens is 1. The summed E-state index contributed by atoms with van der Waals surface area (Å²) in [5, 5.41) is 3.03. The lowest BCUT2D eigenvalue weighted by atomic mass is 10.1. The molecule has 1 atom stereocenters. The number of nitrogens with zero attached hydrogens (tertiary/aromatic N) is 2. The maximum absolute atomic E-state index is 14.4. The normalized spacial score (nSPS) is 14.8. The molecule has 0 aliphatic heterocycles. The van der Waals surface area contributed by atoms with Crippen LogP contribution in [0, 0.1) is 19.7 Å². The summed E-state index contributed by atoms with van der Waals surface area (Å²) < 4.78 is 40.8. The van der Waals surface area contributed by atoms with Crippen LogP contribution in [0.15, 0.2) is 42.5 Å². The number of nitrogens with one attached hydrogen (secondary N) is 1. The molecule has 37 heavy (non-hydrogen) atoms. The van der Waals surface area contributed by atoms with E-state index in [2.05, 4.69) is 5.32 Å². The van der Waals surface area contributed by atoms with E-state index in [-0.39, 0.29) is 43.8 Å². The van der Waals surface area contributed by atoms with Crippen LogP contribution in [0.2, 0.25) is 0 Å². The smallest absolute Gasteiger partial charge is 0.242 e. The van der Waals surface area contributed by atoms with Gasteiger partial charge in [-0.2, -0.15) is 0 Å². The van der Waals surface area contributed by atoms with Gasteiger partial charge in [0.2, 0.25) is 21.8 Å². The molecule has 0 saturated heterocycles.